The van der Waals surface area contributed by atoms with Crippen LogP contribution in [0.5, 0.6) is 0 Å². The molecule has 4 aromatic rings. The molecule has 0 unspecified atom stereocenters. The van der Waals surface area contributed by atoms with E-state index < -0.39 is 0 Å². The molecule has 0 saturated heterocycles. The smallest absolute Gasteiger partial charge is 0.268 e. The monoisotopic (exact) mass is 333 g/mol. The highest BCUT2D eigenvalue weighted by atomic mass is 16.2. The van der Waals surface area contributed by atoms with Crippen molar-refractivity contribution < 1.29 is 4.79 Å². The fraction of sp³-hybridized carbons (Fsp3) is 0.111. The Morgan fingerprint density at radius 1 is 1.24 bits per heavy atom. The summed E-state index contributed by atoms with van der Waals surface area (Å²) in [5.41, 5.74) is 2.13. The number of aryl methyl sites for hydroxylation is 1. The number of carbonyl (C=O) groups excluding carboxylic acids is 1. The zero-order chi connectivity index (χ0) is 17.4. The van der Waals surface area contributed by atoms with E-state index in [1.54, 1.807) is 48.4 Å². The van der Waals surface area contributed by atoms with Gasteiger partial charge < -0.3 is 9.88 Å². The third kappa shape index (κ3) is 2.55. The lowest BCUT2D eigenvalue weighted by Gasteiger charge is -2.06. The number of hydrogen-bond acceptors (Lipinski definition) is 4. The summed E-state index contributed by atoms with van der Waals surface area (Å²) in [6.07, 6.45) is 5.04. The summed E-state index contributed by atoms with van der Waals surface area (Å²) in [4.78, 5) is 33.7. The Balaban J connectivity index is 1.74. The van der Waals surface area contributed by atoms with Crippen molar-refractivity contribution in [1.82, 2.24) is 24.3 Å². The first-order chi connectivity index (χ1) is 12.1. The molecule has 0 spiro atoms. The number of pyridine rings is 2. The molecule has 7 heteroatoms. The molecular weight excluding hydrogens is 318 g/mol. The van der Waals surface area contributed by atoms with Crippen LogP contribution in [0, 0.1) is 0 Å². The van der Waals surface area contributed by atoms with Crippen LogP contribution < -0.4 is 10.9 Å². The van der Waals surface area contributed by atoms with Gasteiger partial charge in [-0.2, -0.15) is 0 Å². The van der Waals surface area contributed by atoms with Crippen LogP contribution in [0.2, 0.25) is 0 Å². The SMILES string of the molecule is Cn1c(C(=O)NCc2cccnc2)cc2c(=O)n3ccccc3nc21. The van der Waals surface area contributed by atoms with Crippen LogP contribution in [0.15, 0.2) is 59.8 Å². The average molecular weight is 333 g/mol. The largest absolute Gasteiger partial charge is 0.347 e. The van der Waals surface area contributed by atoms with Crippen LogP contribution in [-0.2, 0) is 13.6 Å². The first-order valence-electron chi connectivity index (χ1n) is 7.79. The van der Waals surface area contributed by atoms with E-state index in [2.05, 4.69) is 15.3 Å². The topological polar surface area (TPSA) is 81.3 Å². The lowest BCUT2D eigenvalue weighted by atomic mass is 10.3. The Bertz CT molecular complexity index is 1140. The maximum atomic E-state index is 12.6. The number of fused-ring (bicyclic) bond motifs is 2. The van der Waals surface area contributed by atoms with Gasteiger partial charge in [0.2, 0.25) is 0 Å². The molecule has 7 nitrogen and oxygen atoms in total. The quantitative estimate of drug-likeness (QED) is 0.616. The van der Waals surface area contributed by atoms with Crippen LogP contribution in [0.1, 0.15) is 16.1 Å². The molecule has 1 amide bonds. The van der Waals surface area contributed by atoms with Crippen molar-refractivity contribution in [2.45, 2.75) is 6.54 Å². The van der Waals surface area contributed by atoms with Crippen molar-refractivity contribution in [3.8, 4) is 0 Å². The highest BCUT2D eigenvalue weighted by Gasteiger charge is 2.17. The molecule has 4 aromatic heterocycles. The zero-order valence-electron chi connectivity index (χ0n) is 13.5. The van der Waals surface area contributed by atoms with E-state index in [0.717, 1.165) is 5.56 Å². The molecule has 0 radical (unpaired) electrons. The summed E-state index contributed by atoms with van der Waals surface area (Å²) >= 11 is 0. The molecule has 1 N–H and O–H groups in total. The summed E-state index contributed by atoms with van der Waals surface area (Å²) in [6, 6.07) is 10.6. The van der Waals surface area contributed by atoms with Gasteiger partial charge in [-0.1, -0.05) is 12.1 Å². The fourth-order valence-electron chi connectivity index (χ4n) is 2.81. The standard InChI is InChI=1S/C18H15N5O2/c1-22-14(17(24)20-11-12-5-4-7-19-10-12)9-13-16(22)21-15-6-2-3-8-23(15)18(13)25/h2-10H,11H2,1H3,(H,20,24). The van der Waals surface area contributed by atoms with Crippen molar-refractivity contribution >= 4 is 22.6 Å². The molecule has 0 aliphatic heterocycles. The Kier molecular flexibility index (Phi) is 3.53. The Morgan fingerprint density at radius 2 is 2.12 bits per heavy atom. The van der Waals surface area contributed by atoms with Crippen molar-refractivity contribution in [3.63, 3.8) is 0 Å². The molecule has 0 bridgehead atoms. The summed E-state index contributed by atoms with van der Waals surface area (Å²) in [5.74, 6) is -0.266. The van der Waals surface area contributed by atoms with Crippen LogP contribution in [0.3, 0.4) is 0 Å². The molecule has 25 heavy (non-hydrogen) atoms. The number of nitrogens with zero attached hydrogens (tertiary/aromatic N) is 4. The molecule has 0 aromatic carbocycles. The normalized spacial score (nSPS) is 11.1. The lowest BCUT2D eigenvalue weighted by Crippen LogP contribution is -2.24. The van der Waals surface area contributed by atoms with Crippen molar-refractivity contribution in [3.05, 3.63) is 76.6 Å². The second-order valence-electron chi connectivity index (χ2n) is 5.72. The second kappa shape index (κ2) is 5.86. The van der Waals surface area contributed by atoms with E-state index in [1.165, 1.54) is 4.40 Å². The molecule has 4 rings (SSSR count). The van der Waals surface area contributed by atoms with Gasteiger partial charge in [-0.25, -0.2) is 4.98 Å². The maximum Gasteiger partial charge on any atom is 0.268 e. The minimum atomic E-state index is -0.266. The third-order valence-corrected chi connectivity index (χ3v) is 4.12. The molecule has 0 aliphatic carbocycles. The number of rotatable bonds is 3. The minimum absolute atomic E-state index is 0.192. The van der Waals surface area contributed by atoms with E-state index in [4.69, 9.17) is 0 Å². The van der Waals surface area contributed by atoms with Gasteiger partial charge in [-0.3, -0.25) is 19.0 Å². The molecule has 124 valence electrons. The predicted molar refractivity (Wildman–Crippen MR) is 93.3 cm³/mol. The Morgan fingerprint density at radius 3 is 2.92 bits per heavy atom. The van der Waals surface area contributed by atoms with Gasteiger partial charge in [0.1, 0.15) is 17.0 Å². The fourth-order valence-corrected chi connectivity index (χ4v) is 2.81. The van der Waals surface area contributed by atoms with Gasteiger partial charge in [0.25, 0.3) is 11.5 Å². The third-order valence-electron chi connectivity index (χ3n) is 4.12. The molecule has 0 atom stereocenters. The number of hydrogen-bond donors (Lipinski definition) is 1. The maximum absolute atomic E-state index is 12.6. The highest BCUT2D eigenvalue weighted by molar-refractivity contribution is 5.97. The summed E-state index contributed by atoms with van der Waals surface area (Å²) < 4.78 is 3.11. The minimum Gasteiger partial charge on any atom is -0.347 e. The van der Waals surface area contributed by atoms with Crippen LogP contribution in [-0.4, -0.2) is 24.8 Å². The number of carbonyl (C=O) groups is 1. The Labute approximate surface area is 142 Å². The summed E-state index contributed by atoms with van der Waals surface area (Å²) in [6.45, 7) is 0.364. The lowest BCUT2D eigenvalue weighted by molar-refractivity contribution is 0.0943. The van der Waals surface area contributed by atoms with E-state index in [-0.39, 0.29) is 11.5 Å². The number of aromatic nitrogens is 4. The van der Waals surface area contributed by atoms with E-state index in [1.807, 2.05) is 18.2 Å². The van der Waals surface area contributed by atoms with Gasteiger partial charge >= 0.3 is 0 Å². The number of nitrogens with one attached hydrogen (secondary N) is 1. The first-order valence-corrected chi connectivity index (χ1v) is 7.79. The average Bonchev–Trinajstić information content (AvgIpc) is 2.98. The first kappa shape index (κ1) is 15.1. The van der Waals surface area contributed by atoms with E-state index >= 15 is 0 Å². The van der Waals surface area contributed by atoms with Crippen LogP contribution >= 0.6 is 0 Å². The molecule has 0 aliphatic rings. The van der Waals surface area contributed by atoms with Gasteiger partial charge in [0.05, 0.1) is 5.39 Å². The molecule has 0 fully saturated rings. The summed E-state index contributed by atoms with van der Waals surface area (Å²) in [7, 11) is 1.73. The van der Waals surface area contributed by atoms with E-state index in [9.17, 15) is 9.59 Å². The van der Waals surface area contributed by atoms with E-state index in [0.29, 0.717) is 28.9 Å². The van der Waals surface area contributed by atoms with Crippen LogP contribution in [0.25, 0.3) is 16.7 Å². The van der Waals surface area contributed by atoms with Gasteiger partial charge in [-0.15, -0.1) is 0 Å². The summed E-state index contributed by atoms with van der Waals surface area (Å²) in [5, 5.41) is 3.26. The highest BCUT2D eigenvalue weighted by Crippen LogP contribution is 2.15. The van der Waals surface area contributed by atoms with Gasteiger partial charge in [0.15, 0.2) is 0 Å². The molecular formula is C18H15N5O2. The Hall–Kier alpha value is -3.48. The number of amides is 1. The van der Waals surface area contributed by atoms with Gasteiger partial charge in [-0.05, 0) is 29.8 Å². The van der Waals surface area contributed by atoms with Crippen molar-refractivity contribution in [2.75, 3.05) is 0 Å². The van der Waals surface area contributed by atoms with Crippen LogP contribution in [0.4, 0.5) is 0 Å². The predicted octanol–water partition coefficient (Wildman–Crippen LogP) is 1.51. The molecule has 4 heterocycles. The van der Waals surface area contributed by atoms with Crippen molar-refractivity contribution in [2.24, 2.45) is 7.05 Å². The second-order valence-corrected chi connectivity index (χ2v) is 5.72. The zero-order valence-corrected chi connectivity index (χ0v) is 13.5. The van der Waals surface area contributed by atoms with Gasteiger partial charge in [0, 0.05) is 32.2 Å². The molecule has 0 saturated carbocycles. The van der Waals surface area contributed by atoms with Crippen molar-refractivity contribution in [1.29, 1.82) is 0 Å².